The van der Waals surface area contributed by atoms with Gasteiger partial charge in [-0.3, -0.25) is 4.90 Å². The molecule has 0 spiro atoms. The van der Waals surface area contributed by atoms with Crippen molar-refractivity contribution in [1.82, 2.24) is 19.9 Å². The third-order valence-corrected chi connectivity index (χ3v) is 4.27. The highest BCUT2D eigenvalue weighted by molar-refractivity contribution is 5.31. The predicted octanol–water partition coefficient (Wildman–Crippen LogP) is 2.57. The average molecular weight is 328 g/mol. The van der Waals surface area contributed by atoms with Crippen LogP contribution in [0.15, 0.2) is 18.3 Å². The molecule has 0 bridgehead atoms. The lowest BCUT2D eigenvalue weighted by Crippen LogP contribution is -2.31. The number of hydrogen-bond donors (Lipinski definition) is 0. The first-order valence-electron chi connectivity index (χ1n) is 8.25. The smallest absolute Gasteiger partial charge is 0.220 e. The number of rotatable bonds is 5. The maximum absolute atomic E-state index is 5.41. The molecule has 0 aromatic carbocycles. The molecule has 0 saturated heterocycles. The molecule has 128 valence electrons. The zero-order valence-electron chi connectivity index (χ0n) is 14.7. The molecule has 6 heteroatoms. The number of methoxy groups -OCH3 is 2. The van der Waals surface area contributed by atoms with Crippen LogP contribution in [0.25, 0.3) is 0 Å². The van der Waals surface area contributed by atoms with E-state index in [1.807, 2.05) is 18.3 Å². The Morgan fingerprint density at radius 3 is 2.71 bits per heavy atom. The SMILES string of the molecule is COc1ccc(CN2CCc3cnc(C(C)C)nc3C2)c(OC)n1. The molecule has 2 aromatic rings. The van der Waals surface area contributed by atoms with Gasteiger partial charge in [0.1, 0.15) is 5.82 Å². The summed E-state index contributed by atoms with van der Waals surface area (Å²) in [5.74, 6) is 2.44. The van der Waals surface area contributed by atoms with Crippen molar-refractivity contribution in [3.05, 3.63) is 41.0 Å². The first kappa shape index (κ1) is 16.6. The highest BCUT2D eigenvalue weighted by Gasteiger charge is 2.20. The van der Waals surface area contributed by atoms with Crippen LogP contribution in [-0.4, -0.2) is 40.6 Å². The molecule has 6 nitrogen and oxygen atoms in total. The summed E-state index contributed by atoms with van der Waals surface area (Å²) in [7, 11) is 3.24. The second-order valence-electron chi connectivity index (χ2n) is 6.34. The van der Waals surface area contributed by atoms with Gasteiger partial charge in [-0.2, -0.15) is 4.98 Å². The summed E-state index contributed by atoms with van der Waals surface area (Å²) >= 11 is 0. The van der Waals surface area contributed by atoms with Crippen molar-refractivity contribution in [1.29, 1.82) is 0 Å². The van der Waals surface area contributed by atoms with E-state index in [0.29, 0.717) is 17.7 Å². The van der Waals surface area contributed by atoms with Crippen molar-refractivity contribution in [3.8, 4) is 11.8 Å². The Hall–Kier alpha value is -2.21. The van der Waals surface area contributed by atoms with Crippen LogP contribution in [0.1, 0.15) is 42.4 Å². The molecule has 1 aliphatic heterocycles. The quantitative estimate of drug-likeness (QED) is 0.841. The normalized spacial score (nSPS) is 14.5. The van der Waals surface area contributed by atoms with Crippen molar-refractivity contribution in [3.63, 3.8) is 0 Å². The zero-order chi connectivity index (χ0) is 17.1. The van der Waals surface area contributed by atoms with Crippen LogP contribution >= 0.6 is 0 Å². The summed E-state index contributed by atoms with van der Waals surface area (Å²) in [6.45, 7) is 6.83. The standard InChI is InChI=1S/C18H24N4O2/c1-12(2)17-19-9-13-7-8-22(11-15(13)20-17)10-14-5-6-16(23-3)21-18(14)24-4/h5-6,9,12H,7-8,10-11H2,1-4H3. The van der Waals surface area contributed by atoms with Gasteiger partial charge in [0.05, 0.1) is 19.9 Å². The van der Waals surface area contributed by atoms with E-state index in [2.05, 4.69) is 28.7 Å². The average Bonchev–Trinajstić information content (AvgIpc) is 2.61. The minimum atomic E-state index is 0.344. The number of hydrogen-bond acceptors (Lipinski definition) is 6. The second kappa shape index (κ2) is 7.13. The summed E-state index contributed by atoms with van der Waals surface area (Å²) < 4.78 is 10.6. The zero-order valence-corrected chi connectivity index (χ0v) is 14.7. The minimum Gasteiger partial charge on any atom is -0.481 e. The fourth-order valence-corrected chi connectivity index (χ4v) is 2.89. The maximum Gasteiger partial charge on any atom is 0.220 e. The summed E-state index contributed by atoms with van der Waals surface area (Å²) in [4.78, 5) is 16.0. The van der Waals surface area contributed by atoms with Crippen LogP contribution in [-0.2, 0) is 19.5 Å². The molecule has 0 N–H and O–H groups in total. The molecule has 0 unspecified atom stereocenters. The van der Waals surface area contributed by atoms with Crippen LogP contribution in [0, 0.1) is 0 Å². The molecule has 1 aliphatic rings. The molecular formula is C18H24N4O2. The summed E-state index contributed by atoms with van der Waals surface area (Å²) in [6, 6.07) is 3.88. The molecule has 2 aromatic heterocycles. The van der Waals surface area contributed by atoms with Gasteiger partial charge in [-0.05, 0) is 18.1 Å². The van der Waals surface area contributed by atoms with E-state index in [1.54, 1.807) is 14.2 Å². The van der Waals surface area contributed by atoms with Crippen molar-refractivity contribution >= 4 is 0 Å². The minimum absolute atomic E-state index is 0.344. The third kappa shape index (κ3) is 3.48. The van der Waals surface area contributed by atoms with Crippen molar-refractivity contribution in [2.75, 3.05) is 20.8 Å². The van der Waals surface area contributed by atoms with Crippen LogP contribution < -0.4 is 9.47 Å². The van der Waals surface area contributed by atoms with Gasteiger partial charge < -0.3 is 9.47 Å². The molecule has 0 atom stereocenters. The third-order valence-electron chi connectivity index (χ3n) is 4.27. The highest BCUT2D eigenvalue weighted by Crippen LogP contribution is 2.25. The van der Waals surface area contributed by atoms with Crippen LogP contribution in [0.5, 0.6) is 11.8 Å². The molecule has 3 heterocycles. The Labute approximate surface area is 142 Å². The molecule has 3 rings (SSSR count). The van der Waals surface area contributed by atoms with E-state index in [4.69, 9.17) is 14.5 Å². The number of fused-ring (bicyclic) bond motifs is 1. The van der Waals surface area contributed by atoms with E-state index >= 15 is 0 Å². The molecule has 0 aliphatic carbocycles. The van der Waals surface area contributed by atoms with Gasteiger partial charge in [0.15, 0.2) is 0 Å². The van der Waals surface area contributed by atoms with Gasteiger partial charge in [-0.1, -0.05) is 13.8 Å². The Bertz CT molecular complexity index is 718. The predicted molar refractivity (Wildman–Crippen MR) is 91.3 cm³/mol. The van der Waals surface area contributed by atoms with Crippen LogP contribution in [0.3, 0.4) is 0 Å². The Morgan fingerprint density at radius 2 is 2.00 bits per heavy atom. The Kier molecular flexibility index (Phi) is 4.94. The van der Waals surface area contributed by atoms with Gasteiger partial charge in [0, 0.05) is 43.4 Å². The van der Waals surface area contributed by atoms with Crippen molar-refractivity contribution in [2.45, 2.75) is 39.3 Å². The number of nitrogens with zero attached hydrogens (tertiary/aromatic N) is 4. The fraction of sp³-hybridized carbons (Fsp3) is 0.500. The summed E-state index contributed by atoms with van der Waals surface area (Å²) in [5.41, 5.74) is 3.45. The molecule has 0 fully saturated rings. The lowest BCUT2D eigenvalue weighted by Gasteiger charge is -2.28. The van der Waals surface area contributed by atoms with Gasteiger partial charge in [-0.15, -0.1) is 0 Å². The van der Waals surface area contributed by atoms with Crippen LogP contribution in [0.4, 0.5) is 0 Å². The number of ether oxygens (including phenoxy) is 2. The molecule has 24 heavy (non-hydrogen) atoms. The van der Waals surface area contributed by atoms with Gasteiger partial charge in [0.25, 0.3) is 0 Å². The number of pyridine rings is 1. The molecule has 0 amide bonds. The molecular weight excluding hydrogens is 304 g/mol. The van der Waals surface area contributed by atoms with Crippen LogP contribution in [0.2, 0.25) is 0 Å². The monoisotopic (exact) mass is 328 g/mol. The highest BCUT2D eigenvalue weighted by atomic mass is 16.5. The maximum atomic E-state index is 5.41. The Morgan fingerprint density at radius 1 is 1.17 bits per heavy atom. The van der Waals surface area contributed by atoms with Gasteiger partial charge in [-0.25, -0.2) is 9.97 Å². The van der Waals surface area contributed by atoms with E-state index in [-0.39, 0.29) is 0 Å². The summed E-state index contributed by atoms with van der Waals surface area (Å²) in [5, 5.41) is 0. The van der Waals surface area contributed by atoms with E-state index in [9.17, 15) is 0 Å². The first-order chi connectivity index (χ1) is 11.6. The fourth-order valence-electron chi connectivity index (χ4n) is 2.89. The Balaban J connectivity index is 1.77. The van der Waals surface area contributed by atoms with Crippen molar-refractivity contribution in [2.24, 2.45) is 0 Å². The van der Waals surface area contributed by atoms with Crippen molar-refractivity contribution < 1.29 is 9.47 Å². The van der Waals surface area contributed by atoms with E-state index < -0.39 is 0 Å². The molecule has 0 radical (unpaired) electrons. The lowest BCUT2D eigenvalue weighted by molar-refractivity contribution is 0.235. The topological polar surface area (TPSA) is 60.4 Å². The van der Waals surface area contributed by atoms with E-state index in [0.717, 1.165) is 43.1 Å². The van der Waals surface area contributed by atoms with Gasteiger partial charge >= 0.3 is 0 Å². The largest absolute Gasteiger partial charge is 0.481 e. The summed E-state index contributed by atoms with van der Waals surface area (Å²) in [6.07, 6.45) is 2.96. The second-order valence-corrected chi connectivity index (χ2v) is 6.34. The lowest BCUT2D eigenvalue weighted by atomic mass is 10.1. The number of aromatic nitrogens is 3. The van der Waals surface area contributed by atoms with E-state index in [1.165, 1.54) is 5.56 Å². The first-order valence-corrected chi connectivity index (χ1v) is 8.25. The van der Waals surface area contributed by atoms with Gasteiger partial charge in [0.2, 0.25) is 11.8 Å². The molecule has 0 saturated carbocycles.